The summed E-state index contributed by atoms with van der Waals surface area (Å²) in [6.45, 7) is 3.67. The lowest BCUT2D eigenvalue weighted by atomic mass is 9.96. The lowest BCUT2D eigenvalue weighted by Gasteiger charge is -2.40. The highest BCUT2D eigenvalue weighted by Gasteiger charge is 2.42. The average Bonchev–Trinajstić information content (AvgIpc) is 3.30. The van der Waals surface area contributed by atoms with E-state index < -0.39 is 28.7 Å². The Bertz CT molecular complexity index is 974. The molecule has 1 amide bonds. The van der Waals surface area contributed by atoms with Crippen molar-refractivity contribution in [2.75, 3.05) is 5.01 Å². The lowest BCUT2D eigenvalue weighted by molar-refractivity contribution is -0.137. The van der Waals surface area contributed by atoms with Crippen LogP contribution in [0.1, 0.15) is 36.2 Å². The summed E-state index contributed by atoms with van der Waals surface area (Å²) in [6, 6.07) is 4.50. The highest BCUT2D eigenvalue weighted by Crippen LogP contribution is 2.38. The summed E-state index contributed by atoms with van der Waals surface area (Å²) in [6.07, 6.45) is -2.53. The quantitative estimate of drug-likeness (QED) is 0.685. The van der Waals surface area contributed by atoms with Gasteiger partial charge in [-0.25, -0.2) is 5.01 Å². The third-order valence-corrected chi connectivity index (χ3v) is 5.59. The summed E-state index contributed by atoms with van der Waals surface area (Å²) in [4.78, 5) is 14.7. The number of aromatic nitrogens is 2. The fourth-order valence-corrected chi connectivity index (χ4v) is 4.15. The molecule has 0 saturated carbocycles. The standard InChI is InChI=1S/C18H18ClF3N6O/c1-9-8-13-16(25-26-28(13)14-6-7-23-24-14)10(2)27(9)17(29)11-4-3-5-12(15(11)19)18(20,21)22/h3-7,9-10,25-26H,8H2,1-2H3,(H,23,24)/t9-,10-/m0/s1. The van der Waals surface area contributed by atoms with Crippen molar-refractivity contribution >= 4 is 23.3 Å². The van der Waals surface area contributed by atoms with Crippen LogP contribution in [-0.4, -0.2) is 33.1 Å². The van der Waals surface area contributed by atoms with Crippen LogP contribution in [0.3, 0.4) is 0 Å². The molecule has 0 radical (unpaired) electrons. The lowest BCUT2D eigenvalue weighted by Crippen LogP contribution is -2.50. The molecule has 0 bridgehead atoms. The number of carbonyl (C=O) groups excluding carboxylic acids is 1. The van der Waals surface area contributed by atoms with E-state index in [1.54, 1.807) is 22.2 Å². The van der Waals surface area contributed by atoms with Gasteiger partial charge in [0.15, 0.2) is 0 Å². The fourth-order valence-electron chi connectivity index (χ4n) is 3.83. The Morgan fingerprint density at radius 2 is 2.03 bits per heavy atom. The summed E-state index contributed by atoms with van der Waals surface area (Å²) < 4.78 is 39.6. The Morgan fingerprint density at radius 3 is 2.69 bits per heavy atom. The largest absolute Gasteiger partial charge is 0.417 e. The number of hydrogen-bond acceptors (Lipinski definition) is 5. The number of amides is 1. The maximum absolute atomic E-state index is 13.2. The molecule has 4 rings (SSSR count). The zero-order chi connectivity index (χ0) is 20.9. The second-order valence-electron chi connectivity index (χ2n) is 6.98. The van der Waals surface area contributed by atoms with Gasteiger partial charge in [0, 0.05) is 18.5 Å². The maximum Gasteiger partial charge on any atom is 0.417 e. The van der Waals surface area contributed by atoms with Crippen LogP contribution in [0, 0.1) is 0 Å². The number of alkyl halides is 3. The number of nitrogens with one attached hydrogen (secondary N) is 3. The molecular formula is C18H18ClF3N6O. The molecular weight excluding hydrogens is 409 g/mol. The highest BCUT2D eigenvalue weighted by atomic mass is 35.5. The van der Waals surface area contributed by atoms with Gasteiger partial charge in [0.2, 0.25) is 0 Å². The summed E-state index contributed by atoms with van der Waals surface area (Å²) in [5, 5.41) is 8.02. The molecule has 7 nitrogen and oxygen atoms in total. The predicted molar refractivity (Wildman–Crippen MR) is 101 cm³/mol. The van der Waals surface area contributed by atoms with E-state index in [0.29, 0.717) is 6.42 Å². The summed E-state index contributed by atoms with van der Waals surface area (Å²) in [7, 11) is 0. The number of halogens is 4. The molecule has 0 unspecified atom stereocenters. The molecule has 2 atom stereocenters. The van der Waals surface area contributed by atoms with Crippen molar-refractivity contribution in [2.24, 2.45) is 0 Å². The van der Waals surface area contributed by atoms with E-state index in [1.165, 1.54) is 12.1 Å². The second kappa shape index (κ2) is 6.96. The number of benzene rings is 1. The van der Waals surface area contributed by atoms with Crippen LogP contribution in [-0.2, 0) is 6.18 Å². The molecule has 0 spiro atoms. The third kappa shape index (κ3) is 3.22. The van der Waals surface area contributed by atoms with Crippen molar-refractivity contribution in [3.05, 3.63) is 58.0 Å². The van der Waals surface area contributed by atoms with Gasteiger partial charge in [-0.15, -0.1) is 5.53 Å². The zero-order valence-electron chi connectivity index (χ0n) is 15.5. The number of rotatable bonds is 2. The van der Waals surface area contributed by atoms with Gasteiger partial charge in [-0.1, -0.05) is 17.7 Å². The second-order valence-corrected chi connectivity index (χ2v) is 7.36. The molecule has 0 fully saturated rings. The van der Waals surface area contributed by atoms with Crippen LogP contribution in [0.4, 0.5) is 19.0 Å². The molecule has 1 aromatic heterocycles. The maximum atomic E-state index is 13.2. The first-order valence-electron chi connectivity index (χ1n) is 8.92. The van der Waals surface area contributed by atoms with Gasteiger partial charge >= 0.3 is 6.18 Å². The molecule has 11 heteroatoms. The van der Waals surface area contributed by atoms with Crippen LogP contribution >= 0.6 is 11.6 Å². The van der Waals surface area contributed by atoms with Crippen molar-refractivity contribution in [1.82, 2.24) is 26.1 Å². The predicted octanol–water partition coefficient (Wildman–Crippen LogP) is 3.45. The minimum Gasteiger partial charge on any atom is -0.327 e. The van der Waals surface area contributed by atoms with Crippen LogP contribution in [0.2, 0.25) is 5.02 Å². The van der Waals surface area contributed by atoms with Crippen LogP contribution in [0.25, 0.3) is 0 Å². The molecule has 29 heavy (non-hydrogen) atoms. The fraction of sp³-hybridized carbons (Fsp3) is 0.333. The Labute approximate surface area is 169 Å². The van der Waals surface area contributed by atoms with E-state index in [0.717, 1.165) is 23.3 Å². The van der Waals surface area contributed by atoms with Crippen LogP contribution in [0.15, 0.2) is 41.9 Å². The van der Waals surface area contributed by atoms with Gasteiger partial charge < -0.3 is 10.3 Å². The molecule has 2 aliphatic rings. The van der Waals surface area contributed by atoms with E-state index in [2.05, 4.69) is 21.2 Å². The minimum atomic E-state index is -4.64. The van der Waals surface area contributed by atoms with E-state index in [1.807, 2.05) is 13.8 Å². The number of hydrazine groups is 2. The molecule has 0 aliphatic carbocycles. The Morgan fingerprint density at radius 1 is 1.28 bits per heavy atom. The zero-order valence-corrected chi connectivity index (χ0v) is 16.3. The smallest absolute Gasteiger partial charge is 0.327 e. The number of anilines is 1. The van der Waals surface area contributed by atoms with E-state index >= 15 is 0 Å². The molecule has 2 aliphatic heterocycles. The first-order valence-corrected chi connectivity index (χ1v) is 9.30. The van der Waals surface area contributed by atoms with E-state index in [-0.39, 0.29) is 11.6 Å². The molecule has 0 saturated heterocycles. The molecule has 1 aromatic carbocycles. The minimum absolute atomic E-state index is 0.166. The van der Waals surface area contributed by atoms with Crippen LogP contribution < -0.4 is 16.0 Å². The van der Waals surface area contributed by atoms with Gasteiger partial charge in [0.05, 0.1) is 39.8 Å². The summed E-state index contributed by atoms with van der Waals surface area (Å²) in [5.41, 5.74) is 6.57. The van der Waals surface area contributed by atoms with Crippen molar-refractivity contribution in [3.8, 4) is 0 Å². The Hall–Kier alpha value is -2.72. The topological polar surface area (TPSA) is 76.3 Å². The molecule has 3 N–H and O–H groups in total. The third-order valence-electron chi connectivity index (χ3n) is 5.18. The van der Waals surface area contributed by atoms with Crippen molar-refractivity contribution in [2.45, 2.75) is 38.5 Å². The number of H-pyrrole nitrogens is 1. The Kier molecular flexibility index (Phi) is 4.70. The number of hydrogen-bond donors (Lipinski definition) is 3. The first kappa shape index (κ1) is 19.6. The SMILES string of the molecule is C[C@H]1CC2=C(NNN2c2ccn[nH]2)[C@H](C)N1C(=O)c1cccc(C(F)(F)F)c1Cl. The van der Waals surface area contributed by atoms with Gasteiger partial charge in [0.1, 0.15) is 5.82 Å². The monoisotopic (exact) mass is 426 g/mol. The van der Waals surface area contributed by atoms with Crippen molar-refractivity contribution in [1.29, 1.82) is 0 Å². The highest BCUT2D eigenvalue weighted by molar-refractivity contribution is 6.34. The molecule has 2 aromatic rings. The molecule has 3 heterocycles. The van der Waals surface area contributed by atoms with Gasteiger partial charge in [-0.2, -0.15) is 18.3 Å². The number of carbonyl (C=O) groups is 1. The van der Waals surface area contributed by atoms with Crippen LogP contribution in [0.5, 0.6) is 0 Å². The van der Waals surface area contributed by atoms with E-state index in [4.69, 9.17) is 11.6 Å². The number of aromatic amines is 1. The van der Waals surface area contributed by atoms with Crippen molar-refractivity contribution in [3.63, 3.8) is 0 Å². The van der Waals surface area contributed by atoms with E-state index in [9.17, 15) is 18.0 Å². The Balaban J connectivity index is 1.67. The van der Waals surface area contributed by atoms with Gasteiger partial charge in [-0.3, -0.25) is 9.89 Å². The van der Waals surface area contributed by atoms with Gasteiger partial charge in [0.25, 0.3) is 5.91 Å². The normalized spacial score (nSPS) is 22.0. The summed E-state index contributed by atoms with van der Waals surface area (Å²) in [5.74, 6) is 0.178. The van der Waals surface area contributed by atoms with Gasteiger partial charge in [-0.05, 0) is 26.0 Å². The average molecular weight is 427 g/mol. The summed E-state index contributed by atoms with van der Waals surface area (Å²) >= 11 is 5.98. The van der Waals surface area contributed by atoms with Crippen molar-refractivity contribution < 1.29 is 18.0 Å². The molecule has 154 valence electrons. The first-order chi connectivity index (χ1) is 13.7. The number of nitrogens with zero attached hydrogens (tertiary/aromatic N) is 3.